The maximum atomic E-state index is 13.2. The molecule has 0 unspecified atom stereocenters. The van der Waals surface area contributed by atoms with Crippen LogP contribution in [-0.4, -0.2) is 69.9 Å². The third-order valence-corrected chi connectivity index (χ3v) is 6.45. The third-order valence-electron chi connectivity index (χ3n) is 6.22. The fourth-order valence-electron chi connectivity index (χ4n) is 4.33. The van der Waals surface area contributed by atoms with Gasteiger partial charge in [-0.3, -0.25) is 9.59 Å². The zero-order valence-corrected chi connectivity index (χ0v) is 19.4. The van der Waals surface area contributed by atoms with Crippen molar-refractivity contribution in [1.82, 2.24) is 24.8 Å². The highest BCUT2D eigenvalue weighted by atomic mass is 35.5. The standard InChI is InChI=1S/C24H24ClN5O4/c1-33-20-8-7-17(25)13-18(20)23(31)28-9-11-29(12-10-28)24(32)22-19-15-34-21(14-30(19)27-26-22)16-5-3-2-4-6-16/h2-8,13,21H,9-12,14-15H2,1H3/t21-/m1/s1. The van der Waals surface area contributed by atoms with Gasteiger partial charge in [0.2, 0.25) is 0 Å². The van der Waals surface area contributed by atoms with Gasteiger partial charge in [-0.05, 0) is 23.8 Å². The van der Waals surface area contributed by atoms with E-state index in [1.807, 2.05) is 30.3 Å². The Morgan fingerprint density at radius 1 is 1.03 bits per heavy atom. The molecule has 5 rings (SSSR count). The molecular formula is C24H24ClN5O4. The molecule has 0 saturated carbocycles. The number of benzene rings is 2. The summed E-state index contributed by atoms with van der Waals surface area (Å²) in [5.41, 5.74) is 2.46. The van der Waals surface area contributed by atoms with E-state index in [1.54, 1.807) is 32.7 Å². The van der Waals surface area contributed by atoms with E-state index in [2.05, 4.69) is 10.3 Å². The number of hydrogen-bond acceptors (Lipinski definition) is 6. The van der Waals surface area contributed by atoms with Crippen molar-refractivity contribution in [1.29, 1.82) is 0 Å². The van der Waals surface area contributed by atoms with Crippen molar-refractivity contribution in [3.8, 4) is 5.75 Å². The van der Waals surface area contributed by atoms with E-state index in [4.69, 9.17) is 21.1 Å². The molecule has 10 heteroatoms. The minimum Gasteiger partial charge on any atom is -0.496 e. The molecule has 1 aromatic heterocycles. The zero-order valence-electron chi connectivity index (χ0n) is 18.7. The first kappa shape index (κ1) is 22.4. The summed E-state index contributed by atoms with van der Waals surface area (Å²) in [6.45, 7) is 2.36. The number of halogens is 1. The predicted molar refractivity (Wildman–Crippen MR) is 124 cm³/mol. The minimum absolute atomic E-state index is 0.128. The molecule has 1 fully saturated rings. The summed E-state index contributed by atoms with van der Waals surface area (Å²) in [6.07, 6.45) is -0.128. The molecule has 0 N–H and O–H groups in total. The Hall–Kier alpha value is -3.43. The monoisotopic (exact) mass is 481 g/mol. The lowest BCUT2D eigenvalue weighted by atomic mass is 10.1. The zero-order chi connectivity index (χ0) is 23.7. The average Bonchev–Trinajstić information content (AvgIpc) is 3.32. The molecule has 2 aliphatic rings. The van der Waals surface area contributed by atoms with Crippen LogP contribution in [0.25, 0.3) is 0 Å². The van der Waals surface area contributed by atoms with Crippen LogP contribution in [-0.2, 0) is 17.9 Å². The van der Waals surface area contributed by atoms with Crippen molar-refractivity contribution >= 4 is 23.4 Å². The Labute approximate surface area is 201 Å². The number of hydrogen-bond donors (Lipinski definition) is 0. The highest BCUT2D eigenvalue weighted by molar-refractivity contribution is 6.31. The van der Waals surface area contributed by atoms with Gasteiger partial charge in [-0.15, -0.1) is 5.10 Å². The molecular weight excluding hydrogens is 458 g/mol. The summed E-state index contributed by atoms with van der Waals surface area (Å²) >= 11 is 6.08. The molecule has 1 atom stereocenters. The molecule has 2 amide bonds. The smallest absolute Gasteiger partial charge is 0.276 e. The van der Waals surface area contributed by atoms with Crippen LogP contribution in [0.5, 0.6) is 5.75 Å². The first-order valence-electron chi connectivity index (χ1n) is 11.1. The van der Waals surface area contributed by atoms with Gasteiger partial charge in [0.1, 0.15) is 11.9 Å². The molecule has 34 heavy (non-hydrogen) atoms. The van der Waals surface area contributed by atoms with E-state index in [0.29, 0.717) is 60.4 Å². The van der Waals surface area contributed by atoms with Gasteiger partial charge in [0.25, 0.3) is 11.8 Å². The van der Waals surface area contributed by atoms with Gasteiger partial charge in [0.15, 0.2) is 5.69 Å². The SMILES string of the molecule is COc1ccc(Cl)cc1C(=O)N1CCN(C(=O)c2nnn3c2CO[C@@H](c2ccccc2)C3)CC1. The van der Waals surface area contributed by atoms with Gasteiger partial charge in [0.05, 0.1) is 31.5 Å². The maximum Gasteiger partial charge on any atom is 0.276 e. The predicted octanol–water partition coefficient (Wildman–Crippen LogP) is 2.81. The summed E-state index contributed by atoms with van der Waals surface area (Å²) in [5, 5.41) is 8.84. The third kappa shape index (κ3) is 4.24. The first-order chi connectivity index (χ1) is 16.5. The minimum atomic E-state index is -0.199. The second kappa shape index (κ2) is 9.44. The Morgan fingerprint density at radius 3 is 2.44 bits per heavy atom. The number of ether oxygens (including phenoxy) is 2. The first-order valence-corrected chi connectivity index (χ1v) is 11.4. The number of aromatic nitrogens is 3. The van der Waals surface area contributed by atoms with E-state index in [-0.39, 0.29) is 24.5 Å². The molecule has 0 bridgehead atoms. The number of fused-ring (bicyclic) bond motifs is 1. The molecule has 0 spiro atoms. The molecule has 3 heterocycles. The van der Waals surface area contributed by atoms with Gasteiger partial charge in [-0.1, -0.05) is 47.1 Å². The molecule has 0 radical (unpaired) electrons. The topological polar surface area (TPSA) is 89.8 Å². The van der Waals surface area contributed by atoms with Gasteiger partial charge in [-0.2, -0.15) is 0 Å². The highest BCUT2D eigenvalue weighted by Crippen LogP contribution is 2.28. The van der Waals surface area contributed by atoms with Gasteiger partial charge >= 0.3 is 0 Å². The summed E-state index contributed by atoms with van der Waals surface area (Å²) in [7, 11) is 1.52. The van der Waals surface area contributed by atoms with Gasteiger partial charge in [0, 0.05) is 31.2 Å². The molecule has 3 aromatic rings. The highest BCUT2D eigenvalue weighted by Gasteiger charge is 2.32. The van der Waals surface area contributed by atoms with E-state index in [9.17, 15) is 9.59 Å². The summed E-state index contributed by atoms with van der Waals surface area (Å²) in [4.78, 5) is 29.6. The number of carbonyl (C=O) groups is 2. The Balaban J connectivity index is 1.24. The maximum absolute atomic E-state index is 13.2. The Bertz CT molecular complexity index is 1210. The summed E-state index contributed by atoms with van der Waals surface area (Å²) in [5.74, 6) is 0.0979. The fourth-order valence-corrected chi connectivity index (χ4v) is 4.50. The number of piperazine rings is 1. The molecule has 9 nitrogen and oxygen atoms in total. The van der Waals surface area contributed by atoms with Crippen molar-refractivity contribution < 1.29 is 19.1 Å². The average molecular weight is 482 g/mol. The van der Waals surface area contributed by atoms with Crippen molar-refractivity contribution in [3.05, 3.63) is 76.1 Å². The lowest BCUT2D eigenvalue weighted by molar-refractivity contribution is -0.00202. The van der Waals surface area contributed by atoms with Crippen molar-refractivity contribution in [3.63, 3.8) is 0 Å². The molecule has 2 aromatic carbocycles. The molecule has 1 saturated heterocycles. The molecule has 176 valence electrons. The van der Waals surface area contributed by atoms with Crippen LogP contribution in [0.3, 0.4) is 0 Å². The van der Waals surface area contributed by atoms with Gasteiger partial charge < -0.3 is 19.3 Å². The second-order valence-electron chi connectivity index (χ2n) is 8.21. The lowest BCUT2D eigenvalue weighted by Crippen LogP contribution is -2.51. The normalized spacial score (nSPS) is 17.9. The van der Waals surface area contributed by atoms with Crippen LogP contribution in [0.4, 0.5) is 0 Å². The van der Waals surface area contributed by atoms with E-state index in [0.717, 1.165) is 5.56 Å². The Morgan fingerprint density at radius 2 is 1.74 bits per heavy atom. The number of amides is 2. The van der Waals surface area contributed by atoms with E-state index in [1.165, 1.54) is 7.11 Å². The van der Waals surface area contributed by atoms with Crippen LogP contribution < -0.4 is 4.74 Å². The number of rotatable bonds is 4. The second-order valence-corrected chi connectivity index (χ2v) is 8.64. The van der Waals surface area contributed by atoms with Crippen LogP contribution in [0.2, 0.25) is 5.02 Å². The van der Waals surface area contributed by atoms with Crippen LogP contribution in [0, 0.1) is 0 Å². The van der Waals surface area contributed by atoms with Crippen LogP contribution in [0.15, 0.2) is 48.5 Å². The summed E-state index contributed by atoms with van der Waals surface area (Å²) < 4.78 is 13.1. The lowest BCUT2D eigenvalue weighted by Gasteiger charge is -2.35. The van der Waals surface area contributed by atoms with E-state index < -0.39 is 0 Å². The largest absolute Gasteiger partial charge is 0.496 e. The van der Waals surface area contributed by atoms with E-state index >= 15 is 0 Å². The van der Waals surface area contributed by atoms with Crippen molar-refractivity contribution in [2.75, 3.05) is 33.3 Å². The Kier molecular flexibility index (Phi) is 6.21. The fraction of sp³-hybridized carbons (Fsp3) is 0.333. The quantitative estimate of drug-likeness (QED) is 0.569. The number of methoxy groups -OCH3 is 1. The van der Waals surface area contributed by atoms with Crippen LogP contribution >= 0.6 is 11.6 Å². The van der Waals surface area contributed by atoms with Gasteiger partial charge in [-0.25, -0.2) is 4.68 Å². The number of carbonyl (C=O) groups excluding carboxylic acids is 2. The number of nitrogens with zero attached hydrogens (tertiary/aromatic N) is 5. The molecule has 2 aliphatic heterocycles. The molecule has 0 aliphatic carbocycles. The summed E-state index contributed by atoms with van der Waals surface area (Å²) in [6, 6.07) is 14.9. The van der Waals surface area contributed by atoms with Crippen LogP contribution in [0.1, 0.15) is 38.2 Å². The van der Waals surface area contributed by atoms with Crippen molar-refractivity contribution in [2.24, 2.45) is 0 Å². The van der Waals surface area contributed by atoms with Crippen molar-refractivity contribution in [2.45, 2.75) is 19.3 Å².